The first-order chi connectivity index (χ1) is 8.52. The molecule has 0 aromatic heterocycles. The molecule has 0 aliphatic carbocycles. The van der Waals surface area contributed by atoms with Crippen molar-refractivity contribution in [2.75, 3.05) is 0 Å². The van der Waals surface area contributed by atoms with Gasteiger partial charge in [0.1, 0.15) is 22.8 Å². The normalized spacial score (nSPS) is 10.2. The van der Waals surface area contributed by atoms with Crippen LogP contribution >= 0.6 is 0 Å². The van der Waals surface area contributed by atoms with Crippen molar-refractivity contribution in [1.82, 2.24) is 0 Å². The van der Waals surface area contributed by atoms with Crippen LogP contribution < -0.4 is 0 Å². The molecule has 0 bridgehead atoms. The minimum Gasteiger partial charge on any atom is -0.507 e. The van der Waals surface area contributed by atoms with Gasteiger partial charge in [-0.25, -0.2) is 4.79 Å². The summed E-state index contributed by atoms with van der Waals surface area (Å²) in [6, 6.07) is 8.27. The average molecular weight is 246 g/mol. The van der Waals surface area contributed by atoms with Crippen LogP contribution in [0.2, 0.25) is 0 Å². The lowest BCUT2D eigenvalue weighted by Gasteiger charge is -2.11. The van der Waals surface area contributed by atoms with Crippen LogP contribution in [0, 0.1) is 0 Å². The van der Waals surface area contributed by atoms with Gasteiger partial charge < -0.3 is 20.4 Å². The minimum atomic E-state index is -1.32. The molecule has 0 fully saturated rings. The summed E-state index contributed by atoms with van der Waals surface area (Å²) >= 11 is 0. The lowest BCUT2D eigenvalue weighted by atomic mass is 9.99. The van der Waals surface area contributed by atoms with E-state index in [0.29, 0.717) is 0 Å². The van der Waals surface area contributed by atoms with Crippen molar-refractivity contribution in [3.8, 4) is 28.4 Å². The fourth-order valence-corrected chi connectivity index (χ4v) is 1.70. The monoisotopic (exact) mass is 246 g/mol. The van der Waals surface area contributed by atoms with E-state index in [1.165, 1.54) is 12.1 Å². The van der Waals surface area contributed by atoms with E-state index in [0.717, 1.165) is 12.1 Å². The number of aromatic hydroxyl groups is 3. The number of rotatable bonds is 2. The molecule has 2 aromatic carbocycles. The molecule has 0 aliphatic rings. The van der Waals surface area contributed by atoms with E-state index in [4.69, 9.17) is 5.11 Å². The first-order valence-electron chi connectivity index (χ1n) is 5.09. The Balaban J connectivity index is 2.75. The Kier molecular flexibility index (Phi) is 2.81. The molecule has 92 valence electrons. The summed E-state index contributed by atoms with van der Waals surface area (Å²) in [6.07, 6.45) is 0. The van der Waals surface area contributed by atoms with Gasteiger partial charge in [0, 0.05) is 5.56 Å². The molecule has 5 nitrogen and oxygen atoms in total. The van der Waals surface area contributed by atoms with Gasteiger partial charge in [-0.1, -0.05) is 18.2 Å². The second-order valence-electron chi connectivity index (χ2n) is 3.68. The number of carbonyl (C=O) groups is 1. The highest BCUT2D eigenvalue weighted by Crippen LogP contribution is 2.42. The van der Waals surface area contributed by atoms with Crippen molar-refractivity contribution < 1.29 is 25.2 Å². The maximum absolute atomic E-state index is 10.9. The molecule has 2 aromatic rings. The predicted molar refractivity (Wildman–Crippen MR) is 63.8 cm³/mol. The molecule has 0 radical (unpaired) electrons. The van der Waals surface area contributed by atoms with Crippen LogP contribution in [-0.2, 0) is 0 Å². The first kappa shape index (κ1) is 11.8. The van der Waals surface area contributed by atoms with Crippen LogP contribution in [0.1, 0.15) is 10.4 Å². The fraction of sp³-hybridized carbons (Fsp3) is 0. The Morgan fingerprint density at radius 2 is 1.56 bits per heavy atom. The molecular formula is C13H10O5. The first-order valence-corrected chi connectivity index (χ1v) is 5.09. The third-order valence-electron chi connectivity index (χ3n) is 2.56. The Morgan fingerprint density at radius 3 is 2.17 bits per heavy atom. The smallest absolute Gasteiger partial charge is 0.339 e. The van der Waals surface area contributed by atoms with Gasteiger partial charge in [0.25, 0.3) is 0 Å². The molecule has 0 saturated heterocycles. The number of para-hydroxylation sites is 1. The molecular weight excluding hydrogens is 236 g/mol. The van der Waals surface area contributed by atoms with E-state index >= 15 is 0 Å². The molecule has 0 aliphatic heterocycles. The zero-order valence-corrected chi connectivity index (χ0v) is 9.16. The summed E-state index contributed by atoms with van der Waals surface area (Å²) < 4.78 is 0. The molecule has 18 heavy (non-hydrogen) atoms. The maximum Gasteiger partial charge on any atom is 0.339 e. The Labute approximate surface area is 102 Å². The molecule has 0 atom stereocenters. The number of carboxylic acids is 1. The second kappa shape index (κ2) is 4.29. The number of phenols is 3. The van der Waals surface area contributed by atoms with Gasteiger partial charge in [-0.15, -0.1) is 0 Å². The van der Waals surface area contributed by atoms with Crippen LogP contribution in [-0.4, -0.2) is 26.4 Å². The summed E-state index contributed by atoms with van der Waals surface area (Å²) in [5, 5.41) is 38.1. The quantitative estimate of drug-likeness (QED) is 0.651. The number of phenolic OH excluding ortho intramolecular Hbond substituents is 2. The zero-order chi connectivity index (χ0) is 13.3. The highest BCUT2D eigenvalue weighted by molar-refractivity contribution is 5.96. The second-order valence-corrected chi connectivity index (χ2v) is 3.68. The van der Waals surface area contributed by atoms with E-state index in [-0.39, 0.29) is 28.2 Å². The molecule has 0 heterocycles. The zero-order valence-electron chi connectivity index (χ0n) is 9.16. The van der Waals surface area contributed by atoms with Crippen LogP contribution in [0.15, 0.2) is 36.4 Å². The van der Waals surface area contributed by atoms with E-state index in [2.05, 4.69) is 0 Å². The summed E-state index contributed by atoms with van der Waals surface area (Å²) in [7, 11) is 0. The highest BCUT2D eigenvalue weighted by Gasteiger charge is 2.19. The third kappa shape index (κ3) is 1.82. The van der Waals surface area contributed by atoms with E-state index in [1.807, 2.05) is 0 Å². The molecule has 5 heteroatoms. The van der Waals surface area contributed by atoms with Crippen molar-refractivity contribution in [2.24, 2.45) is 0 Å². The van der Waals surface area contributed by atoms with Gasteiger partial charge in [0.15, 0.2) is 0 Å². The SMILES string of the molecule is O=C(O)c1ccc(O)c(-c2ccccc2O)c1O. The van der Waals surface area contributed by atoms with E-state index < -0.39 is 11.7 Å². The maximum atomic E-state index is 10.9. The summed E-state index contributed by atoms with van der Waals surface area (Å²) in [6.45, 7) is 0. The van der Waals surface area contributed by atoms with Crippen LogP contribution in [0.4, 0.5) is 0 Å². The Bertz CT molecular complexity index is 619. The largest absolute Gasteiger partial charge is 0.507 e. The average Bonchev–Trinajstić information content (AvgIpc) is 2.31. The van der Waals surface area contributed by atoms with Crippen LogP contribution in [0.25, 0.3) is 11.1 Å². The van der Waals surface area contributed by atoms with Crippen molar-refractivity contribution in [3.63, 3.8) is 0 Å². The van der Waals surface area contributed by atoms with Gasteiger partial charge in [-0.05, 0) is 18.2 Å². The van der Waals surface area contributed by atoms with E-state index in [1.54, 1.807) is 12.1 Å². The summed E-state index contributed by atoms with van der Waals surface area (Å²) in [5.41, 5.74) is -0.283. The number of hydrogen-bond acceptors (Lipinski definition) is 4. The van der Waals surface area contributed by atoms with Crippen molar-refractivity contribution in [1.29, 1.82) is 0 Å². The van der Waals surface area contributed by atoms with Gasteiger partial charge in [-0.2, -0.15) is 0 Å². The van der Waals surface area contributed by atoms with Crippen molar-refractivity contribution in [2.45, 2.75) is 0 Å². The molecule has 2 rings (SSSR count). The number of carboxylic acid groups (broad SMARTS) is 1. The molecule has 0 saturated carbocycles. The third-order valence-corrected chi connectivity index (χ3v) is 2.56. The Hall–Kier alpha value is -2.69. The van der Waals surface area contributed by atoms with Crippen LogP contribution in [0.3, 0.4) is 0 Å². The number of aromatic carboxylic acids is 1. The Morgan fingerprint density at radius 1 is 0.889 bits per heavy atom. The van der Waals surface area contributed by atoms with Gasteiger partial charge >= 0.3 is 5.97 Å². The lowest BCUT2D eigenvalue weighted by Crippen LogP contribution is -1.97. The minimum absolute atomic E-state index is 0.104. The number of hydrogen-bond donors (Lipinski definition) is 4. The molecule has 4 N–H and O–H groups in total. The fourth-order valence-electron chi connectivity index (χ4n) is 1.70. The standard InChI is InChI=1S/C13H10O5/c14-9-4-2-1-3-7(9)11-10(15)6-5-8(12(11)16)13(17)18/h1-6,14-16H,(H,17,18). The van der Waals surface area contributed by atoms with Gasteiger partial charge in [0.05, 0.1) is 5.56 Å². The van der Waals surface area contributed by atoms with Crippen molar-refractivity contribution in [3.05, 3.63) is 42.0 Å². The van der Waals surface area contributed by atoms with Crippen LogP contribution in [0.5, 0.6) is 17.2 Å². The topological polar surface area (TPSA) is 98.0 Å². The van der Waals surface area contributed by atoms with Gasteiger partial charge in [0.2, 0.25) is 0 Å². The molecule has 0 amide bonds. The predicted octanol–water partition coefficient (Wildman–Crippen LogP) is 2.17. The highest BCUT2D eigenvalue weighted by atomic mass is 16.4. The summed E-state index contributed by atoms with van der Waals surface area (Å²) in [4.78, 5) is 10.9. The van der Waals surface area contributed by atoms with Crippen molar-refractivity contribution >= 4 is 5.97 Å². The van der Waals surface area contributed by atoms with Gasteiger partial charge in [-0.3, -0.25) is 0 Å². The molecule has 0 spiro atoms. The number of benzene rings is 2. The van der Waals surface area contributed by atoms with E-state index in [9.17, 15) is 20.1 Å². The lowest BCUT2D eigenvalue weighted by molar-refractivity contribution is 0.0694. The summed E-state index contributed by atoms with van der Waals surface area (Å²) in [5.74, 6) is -2.36. The molecule has 0 unspecified atom stereocenters.